The maximum Gasteiger partial charge on any atom is 0.247 e. The summed E-state index contributed by atoms with van der Waals surface area (Å²) in [6.45, 7) is 0.420. The predicted octanol–water partition coefficient (Wildman–Crippen LogP) is 6.64. The molecule has 1 atom stereocenters. The van der Waals surface area contributed by atoms with Crippen LogP contribution in [0, 0.1) is 0 Å². The number of carbonyl (C=O) groups is 2. The summed E-state index contributed by atoms with van der Waals surface area (Å²) in [6.07, 6.45) is 0.0507. The minimum atomic E-state index is -0.896. The Morgan fingerprint density at radius 2 is 1.45 bits per heavy atom. The van der Waals surface area contributed by atoms with Gasteiger partial charge in [0.05, 0.1) is 20.6 Å². The van der Waals surface area contributed by atoms with Gasteiger partial charge < -0.3 is 19.7 Å². The molecule has 4 rings (SSSR count). The number of carbonyl (C=O) groups excluding carboxylic acids is 2. The second-order valence-corrected chi connectivity index (χ2v) is 9.98. The van der Waals surface area contributed by atoms with Crippen molar-refractivity contribution >= 4 is 35.0 Å². The summed E-state index contributed by atoms with van der Waals surface area (Å²) < 4.78 is 10.8. The van der Waals surface area contributed by atoms with Crippen LogP contribution in [0.5, 0.6) is 11.5 Å². The van der Waals surface area contributed by atoms with Gasteiger partial charge in [-0.3, -0.25) is 9.59 Å². The molecule has 206 valence electrons. The van der Waals surface area contributed by atoms with Crippen molar-refractivity contribution in [3.05, 3.63) is 129 Å². The van der Waals surface area contributed by atoms with Crippen LogP contribution in [-0.4, -0.2) is 30.9 Å². The summed E-state index contributed by atoms with van der Waals surface area (Å²) >= 11 is 12.4. The number of nitrogens with zero attached hydrogens (tertiary/aromatic N) is 1. The van der Waals surface area contributed by atoms with Crippen molar-refractivity contribution in [1.82, 2.24) is 10.2 Å². The van der Waals surface area contributed by atoms with Crippen molar-refractivity contribution in [2.75, 3.05) is 14.2 Å². The molecule has 0 aliphatic rings. The zero-order valence-corrected chi connectivity index (χ0v) is 23.8. The van der Waals surface area contributed by atoms with E-state index in [4.69, 9.17) is 32.7 Å². The first kappa shape index (κ1) is 29.0. The first-order valence-corrected chi connectivity index (χ1v) is 13.5. The van der Waals surface area contributed by atoms with Gasteiger partial charge in [0.15, 0.2) is 11.5 Å². The van der Waals surface area contributed by atoms with Crippen LogP contribution in [0.3, 0.4) is 0 Å². The molecular formula is C32H30Cl2N2O4. The fourth-order valence-corrected chi connectivity index (χ4v) is 4.73. The van der Waals surface area contributed by atoms with Crippen LogP contribution in [0.4, 0.5) is 0 Å². The van der Waals surface area contributed by atoms with Gasteiger partial charge >= 0.3 is 0 Å². The molecule has 4 aromatic carbocycles. The largest absolute Gasteiger partial charge is 0.493 e. The van der Waals surface area contributed by atoms with Crippen LogP contribution in [0.25, 0.3) is 0 Å². The number of rotatable bonds is 11. The van der Waals surface area contributed by atoms with Gasteiger partial charge in [-0.05, 0) is 52.6 Å². The summed E-state index contributed by atoms with van der Waals surface area (Å²) in [5, 5.41) is 4.14. The molecule has 0 heterocycles. The number of amides is 2. The quantitative estimate of drug-likeness (QED) is 0.217. The fraction of sp³-hybridized carbons (Fsp3) is 0.188. The van der Waals surface area contributed by atoms with E-state index in [1.54, 1.807) is 49.5 Å². The molecule has 4 aromatic rings. The highest BCUT2D eigenvalue weighted by atomic mass is 35.5. The van der Waals surface area contributed by atoms with Gasteiger partial charge in [0.1, 0.15) is 6.04 Å². The van der Waals surface area contributed by atoms with Crippen LogP contribution in [0.15, 0.2) is 97.1 Å². The Morgan fingerprint density at radius 3 is 2.12 bits per heavy atom. The molecule has 2 amide bonds. The van der Waals surface area contributed by atoms with E-state index >= 15 is 0 Å². The molecule has 0 fully saturated rings. The highest BCUT2D eigenvalue weighted by molar-refractivity contribution is 6.31. The van der Waals surface area contributed by atoms with Gasteiger partial charge in [0, 0.05) is 23.1 Å². The lowest BCUT2D eigenvalue weighted by Gasteiger charge is -2.32. The minimum Gasteiger partial charge on any atom is -0.493 e. The van der Waals surface area contributed by atoms with E-state index in [9.17, 15) is 9.59 Å². The van der Waals surface area contributed by atoms with Gasteiger partial charge in [0.2, 0.25) is 11.8 Å². The first-order chi connectivity index (χ1) is 19.4. The molecule has 0 aliphatic carbocycles. The van der Waals surface area contributed by atoms with Crippen LogP contribution in [0.2, 0.25) is 10.0 Å². The van der Waals surface area contributed by atoms with Gasteiger partial charge in [-0.2, -0.15) is 0 Å². The highest BCUT2D eigenvalue weighted by Gasteiger charge is 2.31. The molecule has 0 spiro atoms. The number of ether oxygens (including phenoxy) is 2. The average molecular weight is 578 g/mol. The molecule has 40 heavy (non-hydrogen) atoms. The summed E-state index contributed by atoms with van der Waals surface area (Å²) in [6, 6.07) is 28.3. The zero-order chi connectivity index (χ0) is 28.5. The van der Waals surface area contributed by atoms with Crippen LogP contribution in [0.1, 0.15) is 28.3 Å². The number of benzene rings is 4. The number of nitrogens with one attached hydrogen (secondary N) is 1. The van der Waals surface area contributed by atoms with Crippen LogP contribution >= 0.6 is 23.2 Å². The van der Waals surface area contributed by atoms with E-state index in [0.29, 0.717) is 27.1 Å². The minimum absolute atomic E-state index is 0.0507. The Morgan fingerprint density at radius 1 is 0.800 bits per heavy atom. The van der Waals surface area contributed by atoms with Crippen molar-refractivity contribution in [3.8, 4) is 11.5 Å². The highest BCUT2D eigenvalue weighted by Crippen LogP contribution is 2.30. The predicted molar refractivity (Wildman–Crippen MR) is 158 cm³/mol. The molecule has 8 heteroatoms. The summed E-state index contributed by atoms with van der Waals surface area (Å²) in [7, 11) is 3.10. The Labute approximate surface area is 244 Å². The first-order valence-electron chi connectivity index (χ1n) is 12.7. The van der Waals surface area contributed by atoms with Gasteiger partial charge in [-0.1, -0.05) is 89.9 Å². The topological polar surface area (TPSA) is 67.9 Å². The maximum atomic E-state index is 14.0. The second kappa shape index (κ2) is 13.9. The van der Waals surface area contributed by atoms with Gasteiger partial charge in [0.25, 0.3) is 0 Å². The van der Waals surface area contributed by atoms with E-state index in [0.717, 1.165) is 16.7 Å². The van der Waals surface area contributed by atoms with Crippen molar-refractivity contribution in [1.29, 1.82) is 0 Å². The third kappa shape index (κ3) is 7.34. The Kier molecular flexibility index (Phi) is 10.1. The number of hydrogen-bond acceptors (Lipinski definition) is 4. The van der Waals surface area contributed by atoms with Crippen molar-refractivity contribution in [2.24, 2.45) is 0 Å². The molecule has 0 unspecified atom stereocenters. The monoisotopic (exact) mass is 576 g/mol. The lowest BCUT2D eigenvalue weighted by atomic mass is 10.0. The van der Waals surface area contributed by atoms with E-state index < -0.39 is 6.04 Å². The molecule has 0 saturated heterocycles. The molecule has 0 aromatic heterocycles. The lowest BCUT2D eigenvalue weighted by molar-refractivity contribution is -0.141. The van der Waals surface area contributed by atoms with E-state index in [-0.39, 0.29) is 31.3 Å². The summed E-state index contributed by atoms with van der Waals surface area (Å²) in [4.78, 5) is 29.5. The van der Waals surface area contributed by atoms with E-state index in [1.165, 1.54) is 0 Å². The molecular weight excluding hydrogens is 547 g/mol. The molecule has 6 nitrogen and oxygen atoms in total. The van der Waals surface area contributed by atoms with E-state index in [2.05, 4.69) is 5.32 Å². The SMILES string of the molecule is COc1ccc(CC(=O)N(Cc2ccc(Cl)cc2)[C@@H](C(=O)NCc2ccccc2Cl)c2ccccc2)cc1OC. The fourth-order valence-electron chi connectivity index (χ4n) is 4.41. The van der Waals surface area contributed by atoms with E-state index in [1.807, 2.05) is 66.7 Å². The summed E-state index contributed by atoms with van der Waals surface area (Å²) in [5.74, 6) is 0.539. The number of methoxy groups -OCH3 is 2. The molecule has 0 bridgehead atoms. The number of halogens is 2. The second-order valence-electron chi connectivity index (χ2n) is 9.14. The average Bonchev–Trinajstić information content (AvgIpc) is 2.98. The molecule has 0 radical (unpaired) electrons. The Bertz CT molecular complexity index is 1450. The molecule has 1 N–H and O–H groups in total. The van der Waals surface area contributed by atoms with Gasteiger partial charge in [-0.15, -0.1) is 0 Å². The smallest absolute Gasteiger partial charge is 0.247 e. The van der Waals surface area contributed by atoms with Crippen molar-refractivity contribution in [3.63, 3.8) is 0 Å². The van der Waals surface area contributed by atoms with Crippen molar-refractivity contribution in [2.45, 2.75) is 25.6 Å². The normalized spacial score (nSPS) is 11.4. The van der Waals surface area contributed by atoms with Crippen molar-refractivity contribution < 1.29 is 19.1 Å². The zero-order valence-electron chi connectivity index (χ0n) is 22.3. The standard InChI is InChI=1S/C32H30Cl2N2O4/c1-39-28-17-14-23(18-29(28)40-2)19-30(37)36(21-22-12-15-26(33)16-13-22)31(24-8-4-3-5-9-24)32(38)35-20-25-10-6-7-11-27(25)34/h3-18,31H,19-21H2,1-2H3,(H,35,38)/t31-/m1/s1. The third-order valence-corrected chi connectivity index (χ3v) is 7.10. The maximum absolute atomic E-state index is 14.0. The lowest BCUT2D eigenvalue weighted by Crippen LogP contribution is -2.43. The summed E-state index contributed by atoms with van der Waals surface area (Å²) in [5.41, 5.74) is 3.04. The Hall–Kier alpha value is -4.00. The van der Waals surface area contributed by atoms with Crippen LogP contribution < -0.4 is 14.8 Å². The number of hydrogen-bond donors (Lipinski definition) is 1. The van der Waals surface area contributed by atoms with Crippen LogP contribution in [-0.2, 0) is 29.1 Å². The molecule has 0 saturated carbocycles. The Balaban J connectivity index is 1.69. The third-order valence-electron chi connectivity index (χ3n) is 6.48. The molecule has 0 aliphatic heterocycles. The van der Waals surface area contributed by atoms with Gasteiger partial charge in [-0.25, -0.2) is 0 Å².